The van der Waals surface area contributed by atoms with Crippen molar-refractivity contribution in [2.45, 2.75) is 128 Å². The lowest BCUT2D eigenvalue weighted by atomic mass is 10.00. The number of nitrogens with one attached hydrogen (secondary N) is 9. The SMILES string of the molecule is CC(C)C[C@H](NC(=O)[C@@H](N)CS)C(=O)N[C@@H](CO)C(=O)N[C@@H](C)C(=O)N[C@@H](Cc1ccccc1)C(=O)N[C@H](C(=O)N[C@H](C(=O)N[C@@H](Cc1cnc[nH]1)C(=O)N[C@@H](Cc1ccccc1)C(=O)O)C(C)C)[C@@H](C)O. The molecule has 2 aromatic carbocycles. The van der Waals surface area contributed by atoms with Gasteiger partial charge in [0, 0.05) is 36.9 Å². The molecule has 0 aliphatic rings. The number of aromatic nitrogens is 2. The standard InChI is InChI=1S/C48H69N11O12S/c1-25(2)17-33(54-41(63)32(49)23-72)42(64)57-37(22-60)45(67)52-27(5)40(62)53-34(18-29-13-9-7-10-14-29)44(66)59-39(28(6)61)47(69)58-38(26(3)4)46(68)55-35(20-31-21-50-24-51-31)43(65)56-36(48(70)71)19-30-15-11-8-12-16-30/h7-16,21,24-28,32-39,60-61,72H,17-20,22-23,49H2,1-6H3,(H,50,51)(H,52,67)(H,53,62)(H,54,63)(H,55,68)(H,56,65)(H,57,64)(H,58,69)(H,59,66)(H,70,71)/t27-,28+,32-,33-,34-,35-,36-,37-,38-,39-/m0/s1. The van der Waals surface area contributed by atoms with E-state index in [1.807, 2.05) is 0 Å². The van der Waals surface area contributed by atoms with Crippen LogP contribution in [0.1, 0.15) is 64.8 Å². The average Bonchev–Trinajstić information content (AvgIpc) is 3.86. The Morgan fingerprint density at radius 2 is 1.04 bits per heavy atom. The van der Waals surface area contributed by atoms with Gasteiger partial charge in [0.05, 0.1) is 25.1 Å². The van der Waals surface area contributed by atoms with Crippen LogP contribution in [0, 0.1) is 11.8 Å². The summed E-state index contributed by atoms with van der Waals surface area (Å²) in [5, 5.41) is 50.8. The summed E-state index contributed by atoms with van der Waals surface area (Å²) in [6, 6.07) is 4.68. The van der Waals surface area contributed by atoms with Crippen LogP contribution < -0.4 is 48.3 Å². The summed E-state index contributed by atoms with van der Waals surface area (Å²) in [6.45, 7) is 8.40. The molecule has 24 heteroatoms. The summed E-state index contributed by atoms with van der Waals surface area (Å²) < 4.78 is 0. The van der Waals surface area contributed by atoms with Crippen LogP contribution in [0.15, 0.2) is 73.2 Å². The Labute approximate surface area is 423 Å². The zero-order valence-corrected chi connectivity index (χ0v) is 42.0. The number of carboxylic acid groups (broad SMARTS) is 1. The number of thiol groups is 1. The van der Waals surface area contributed by atoms with Gasteiger partial charge in [-0.15, -0.1) is 0 Å². The van der Waals surface area contributed by atoms with E-state index in [0.29, 0.717) is 16.8 Å². The number of carboxylic acids is 1. The van der Waals surface area contributed by atoms with Crippen molar-refractivity contribution in [2.75, 3.05) is 12.4 Å². The molecule has 0 unspecified atom stereocenters. The lowest BCUT2D eigenvalue weighted by Crippen LogP contribution is -2.62. The van der Waals surface area contributed by atoms with Crippen LogP contribution in [0.2, 0.25) is 0 Å². The zero-order valence-electron chi connectivity index (χ0n) is 41.1. The van der Waals surface area contributed by atoms with E-state index in [2.05, 4.69) is 65.1 Å². The van der Waals surface area contributed by atoms with Gasteiger partial charge in [-0.05, 0) is 43.2 Å². The molecule has 23 nitrogen and oxygen atoms in total. The minimum Gasteiger partial charge on any atom is -0.480 e. The quantitative estimate of drug-likeness (QED) is 0.0327. The van der Waals surface area contributed by atoms with Crippen LogP contribution >= 0.6 is 12.6 Å². The number of aromatic amines is 1. The number of carbonyl (C=O) groups excluding carboxylic acids is 8. The van der Waals surface area contributed by atoms with Gasteiger partial charge in [-0.25, -0.2) is 9.78 Å². The third kappa shape index (κ3) is 19.4. The van der Waals surface area contributed by atoms with E-state index < -0.39 is 126 Å². The molecule has 394 valence electrons. The van der Waals surface area contributed by atoms with Crippen molar-refractivity contribution in [3.63, 3.8) is 0 Å². The molecule has 8 amide bonds. The van der Waals surface area contributed by atoms with Crippen LogP contribution in [-0.2, 0) is 62.4 Å². The van der Waals surface area contributed by atoms with Crippen molar-refractivity contribution in [1.29, 1.82) is 0 Å². The first-order chi connectivity index (χ1) is 34.0. The Morgan fingerprint density at radius 3 is 1.54 bits per heavy atom. The number of H-pyrrole nitrogens is 1. The van der Waals surface area contributed by atoms with Crippen LogP contribution in [-0.4, -0.2) is 151 Å². The Balaban J connectivity index is 1.78. The fourth-order valence-electron chi connectivity index (χ4n) is 7.11. The van der Waals surface area contributed by atoms with Crippen molar-refractivity contribution in [3.05, 3.63) is 90.0 Å². The molecule has 0 aliphatic carbocycles. The third-order valence-electron chi connectivity index (χ3n) is 11.2. The van der Waals surface area contributed by atoms with Crippen molar-refractivity contribution in [1.82, 2.24) is 52.5 Å². The molecular weight excluding hydrogens is 955 g/mol. The highest BCUT2D eigenvalue weighted by atomic mass is 32.1. The molecule has 72 heavy (non-hydrogen) atoms. The number of hydrogen-bond acceptors (Lipinski definition) is 14. The Kier molecular flexibility index (Phi) is 24.3. The predicted molar refractivity (Wildman–Crippen MR) is 266 cm³/mol. The van der Waals surface area contributed by atoms with E-state index in [4.69, 9.17) is 5.73 Å². The molecule has 3 aromatic rings. The Hall–Kier alpha value is -6.89. The highest BCUT2D eigenvalue weighted by Crippen LogP contribution is 2.11. The molecule has 0 aliphatic heterocycles. The van der Waals surface area contributed by atoms with E-state index in [-0.39, 0.29) is 37.4 Å². The monoisotopic (exact) mass is 1020 g/mol. The topological polar surface area (TPSA) is 365 Å². The summed E-state index contributed by atoms with van der Waals surface area (Å²) in [5.41, 5.74) is 7.37. The number of benzene rings is 2. The van der Waals surface area contributed by atoms with Crippen molar-refractivity contribution in [3.8, 4) is 0 Å². The first-order valence-electron chi connectivity index (χ1n) is 23.4. The van der Waals surface area contributed by atoms with Gasteiger partial charge in [0.15, 0.2) is 0 Å². The van der Waals surface area contributed by atoms with Gasteiger partial charge in [0.2, 0.25) is 47.3 Å². The summed E-state index contributed by atoms with van der Waals surface area (Å²) >= 11 is 4.01. The maximum atomic E-state index is 14.1. The van der Waals surface area contributed by atoms with E-state index in [1.165, 1.54) is 26.4 Å². The van der Waals surface area contributed by atoms with E-state index in [0.717, 1.165) is 0 Å². The highest BCUT2D eigenvalue weighted by Gasteiger charge is 2.37. The molecule has 0 spiro atoms. The number of carbonyl (C=O) groups is 9. The van der Waals surface area contributed by atoms with Crippen LogP contribution in [0.3, 0.4) is 0 Å². The highest BCUT2D eigenvalue weighted by molar-refractivity contribution is 7.80. The van der Waals surface area contributed by atoms with Gasteiger partial charge in [-0.2, -0.15) is 12.6 Å². The van der Waals surface area contributed by atoms with Crippen LogP contribution in [0.25, 0.3) is 0 Å². The van der Waals surface area contributed by atoms with Gasteiger partial charge in [0.25, 0.3) is 0 Å². The second kappa shape index (κ2) is 29.5. The maximum Gasteiger partial charge on any atom is 0.326 e. The molecule has 0 radical (unpaired) electrons. The number of hydrogen-bond donors (Lipinski definition) is 14. The van der Waals surface area contributed by atoms with Gasteiger partial charge in [0.1, 0.15) is 48.3 Å². The molecule has 0 fully saturated rings. The number of aliphatic carboxylic acids is 1. The number of rotatable bonds is 29. The zero-order chi connectivity index (χ0) is 53.7. The van der Waals surface area contributed by atoms with E-state index in [9.17, 15) is 58.5 Å². The molecule has 1 heterocycles. The number of nitrogens with zero attached hydrogens (tertiary/aromatic N) is 1. The molecular formula is C48H69N11O12S. The fraction of sp³-hybridized carbons (Fsp3) is 0.500. The minimum absolute atomic E-state index is 0.00296. The van der Waals surface area contributed by atoms with Gasteiger partial charge >= 0.3 is 5.97 Å². The number of imidazole rings is 1. The molecule has 0 saturated carbocycles. The minimum atomic E-state index is -1.72. The summed E-state index contributed by atoms with van der Waals surface area (Å²) in [5.74, 6) is -9.03. The molecule has 14 N–H and O–H groups in total. The lowest BCUT2D eigenvalue weighted by Gasteiger charge is -2.29. The second-order valence-electron chi connectivity index (χ2n) is 18.1. The smallest absolute Gasteiger partial charge is 0.326 e. The van der Waals surface area contributed by atoms with Crippen LogP contribution in [0.5, 0.6) is 0 Å². The first kappa shape index (κ1) is 59.4. The summed E-state index contributed by atoms with van der Waals surface area (Å²) in [6.07, 6.45) is 1.00. The second-order valence-corrected chi connectivity index (χ2v) is 18.5. The maximum absolute atomic E-state index is 14.1. The Bertz CT molecular complexity index is 2270. The third-order valence-corrected chi connectivity index (χ3v) is 11.6. The summed E-state index contributed by atoms with van der Waals surface area (Å²) in [4.78, 5) is 127. The molecule has 0 bridgehead atoms. The summed E-state index contributed by atoms with van der Waals surface area (Å²) in [7, 11) is 0. The number of aliphatic hydroxyl groups is 2. The fourth-order valence-corrected chi connectivity index (χ4v) is 7.28. The van der Waals surface area contributed by atoms with Gasteiger partial charge in [-0.1, -0.05) is 88.4 Å². The van der Waals surface area contributed by atoms with Gasteiger partial charge < -0.3 is 68.6 Å². The predicted octanol–water partition coefficient (Wildman–Crippen LogP) is -2.25. The first-order valence-corrected chi connectivity index (χ1v) is 24.0. The van der Waals surface area contributed by atoms with Crippen molar-refractivity contribution >= 4 is 65.9 Å². The molecule has 3 rings (SSSR count). The number of nitrogens with two attached hydrogens (primary N) is 1. The lowest BCUT2D eigenvalue weighted by molar-refractivity contribution is -0.142. The van der Waals surface area contributed by atoms with E-state index in [1.54, 1.807) is 88.4 Å². The Morgan fingerprint density at radius 1 is 0.583 bits per heavy atom. The molecule has 10 atom stereocenters. The van der Waals surface area contributed by atoms with Gasteiger partial charge in [-0.3, -0.25) is 38.4 Å². The van der Waals surface area contributed by atoms with Crippen molar-refractivity contribution in [2.24, 2.45) is 17.6 Å². The number of amides is 8. The average molecular weight is 1020 g/mol. The molecule has 1 aromatic heterocycles. The number of aliphatic hydroxyl groups excluding tert-OH is 2. The normalized spacial score (nSPS) is 15.4. The van der Waals surface area contributed by atoms with E-state index >= 15 is 0 Å². The molecule has 0 saturated heterocycles. The van der Waals surface area contributed by atoms with Crippen molar-refractivity contribution < 1.29 is 58.5 Å². The largest absolute Gasteiger partial charge is 0.480 e. The van der Waals surface area contributed by atoms with Crippen LogP contribution in [0.4, 0.5) is 0 Å².